The third-order valence-electron chi connectivity index (χ3n) is 6.28. The van der Waals surface area contributed by atoms with Gasteiger partial charge in [0, 0.05) is 53.9 Å². The number of aryl methyl sites for hydroxylation is 1. The molecule has 2 unspecified atom stereocenters. The third kappa shape index (κ3) is 4.28. The van der Waals surface area contributed by atoms with Crippen molar-refractivity contribution >= 4 is 35.1 Å². The van der Waals surface area contributed by atoms with Crippen LogP contribution in [0.15, 0.2) is 58.8 Å². The molecule has 2 aliphatic rings. The molecule has 0 aromatic heterocycles. The number of allylic oxidation sites excluding steroid dienone is 3. The highest BCUT2D eigenvalue weighted by Crippen LogP contribution is 2.50. The summed E-state index contributed by atoms with van der Waals surface area (Å²) in [5.41, 5.74) is 5.78. The minimum absolute atomic E-state index is 0.0876. The van der Waals surface area contributed by atoms with Gasteiger partial charge in [-0.05, 0) is 56.5 Å². The smallest absolute Gasteiger partial charge is 0.336 e. The number of carboxylic acid groups (broad SMARTS) is 1. The van der Waals surface area contributed by atoms with E-state index in [4.69, 9.17) is 4.74 Å². The average Bonchev–Trinajstić information content (AvgIpc) is 2.79. The Labute approximate surface area is 204 Å². The van der Waals surface area contributed by atoms with Crippen molar-refractivity contribution < 1.29 is 19.4 Å². The van der Waals surface area contributed by atoms with Gasteiger partial charge >= 0.3 is 5.97 Å². The van der Waals surface area contributed by atoms with Crippen molar-refractivity contribution in [1.29, 1.82) is 0 Å². The Morgan fingerprint density at radius 1 is 1.15 bits per heavy atom. The molecule has 2 aromatic carbocycles. The number of aliphatic imine (C=N–C) groups is 1. The first-order chi connectivity index (χ1) is 16.2. The lowest BCUT2D eigenvalue weighted by Crippen LogP contribution is -2.29. The van der Waals surface area contributed by atoms with Crippen LogP contribution in [0.1, 0.15) is 64.1 Å². The Kier molecular flexibility index (Phi) is 6.66. The van der Waals surface area contributed by atoms with Gasteiger partial charge in [-0.1, -0.05) is 18.2 Å². The number of ether oxygens (including phenoxy) is 1. The Hall–Kier alpha value is -3.32. The second-order valence-corrected chi connectivity index (χ2v) is 8.92. The summed E-state index contributed by atoms with van der Waals surface area (Å²) in [7, 11) is 0. The summed E-state index contributed by atoms with van der Waals surface area (Å²) in [5.74, 6) is -0.187. The van der Waals surface area contributed by atoms with Gasteiger partial charge in [-0.15, -0.1) is 12.6 Å². The van der Waals surface area contributed by atoms with Crippen molar-refractivity contribution in [2.75, 3.05) is 18.4 Å². The van der Waals surface area contributed by atoms with Crippen LogP contribution >= 0.6 is 12.6 Å². The van der Waals surface area contributed by atoms with E-state index < -0.39 is 11.1 Å². The third-order valence-corrected chi connectivity index (χ3v) is 6.54. The summed E-state index contributed by atoms with van der Waals surface area (Å²) in [5, 5.41) is 12.9. The SMILES string of the molecule is CC/N=C1/C=C2Oc3cc(NCC)c(C)cc3C(c3ccc(C(=O)S)cc3C(=O)O)C2C=C1C. The van der Waals surface area contributed by atoms with Crippen molar-refractivity contribution in [2.45, 2.75) is 33.6 Å². The van der Waals surface area contributed by atoms with Crippen LogP contribution in [-0.2, 0) is 0 Å². The number of hydrogen-bond acceptors (Lipinski definition) is 5. The fourth-order valence-electron chi connectivity index (χ4n) is 4.73. The molecule has 0 fully saturated rings. The standard InChI is InChI=1S/C27H28N2O4S/c1-5-28-21-12-23-19(9-14(21)3)25(17-8-7-16(27(32)34)11-18(17)26(30)31)20-10-15(4)22(29-6-2)13-24(20)33-23/h7-13,19,25,29H,5-6H2,1-4H3,(H,30,31)(H,32,34)/b28-21-. The monoisotopic (exact) mass is 476 g/mol. The van der Waals surface area contributed by atoms with E-state index in [0.717, 1.165) is 40.4 Å². The minimum atomic E-state index is -1.09. The molecule has 0 saturated heterocycles. The predicted octanol–water partition coefficient (Wildman–Crippen LogP) is 5.64. The molecular weight excluding hydrogens is 448 g/mol. The molecule has 34 heavy (non-hydrogen) atoms. The number of aromatic carboxylic acids is 1. The van der Waals surface area contributed by atoms with E-state index in [9.17, 15) is 14.7 Å². The quantitative estimate of drug-likeness (QED) is 0.470. The van der Waals surface area contributed by atoms with Crippen LogP contribution in [0.2, 0.25) is 0 Å². The predicted molar refractivity (Wildman–Crippen MR) is 138 cm³/mol. The molecule has 176 valence electrons. The molecule has 0 radical (unpaired) electrons. The average molecular weight is 477 g/mol. The lowest BCUT2D eigenvalue weighted by molar-refractivity contribution is 0.0695. The fourth-order valence-corrected chi connectivity index (χ4v) is 4.87. The molecule has 0 spiro atoms. The van der Waals surface area contributed by atoms with Gasteiger partial charge in [0.25, 0.3) is 0 Å². The van der Waals surface area contributed by atoms with Crippen LogP contribution in [0, 0.1) is 12.8 Å². The van der Waals surface area contributed by atoms with Gasteiger partial charge in [0.05, 0.1) is 11.3 Å². The van der Waals surface area contributed by atoms with Gasteiger partial charge in [0.2, 0.25) is 5.12 Å². The zero-order chi connectivity index (χ0) is 24.6. The number of fused-ring (bicyclic) bond motifs is 2. The Morgan fingerprint density at radius 3 is 2.56 bits per heavy atom. The minimum Gasteiger partial charge on any atom is -0.478 e. The van der Waals surface area contributed by atoms with E-state index in [1.807, 2.05) is 39.8 Å². The summed E-state index contributed by atoms with van der Waals surface area (Å²) in [4.78, 5) is 28.7. The zero-order valence-corrected chi connectivity index (χ0v) is 20.6. The number of nitrogens with one attached hydrogen (secondary N) is 1. The molecule has 0 saturated carbocycles. The van der Waals surface area contributed by atoms with E-state index in [1.54, 1.807) is 12.1 Å². The second-order valence-electron chi connectivity index (χ2n) is 8.51. The topological polar surface area (TPSA) is 88.0 Å². The summed E-state index contributed by atoms with van der Waals surface area (Å²) >= 11 is 3.88. The zero-order valence-electron chi connectivity index (χ0n) is 19.7. The van der Waals surface area contributed by atoms with Crippen molar-refractivity contribution in [1.82, 2.24) is 0 Å². The maximum atomic E-state index is 12.3. The van der Waals surface area contributed by atoms with Gasteiger partial charge in [0.1, 0.15) is 11.5 Å². The number of thiol groups is 1. The lowest BCUT2D eigenvalue weighted by atomic mass is 9.73. The molecule has 2 N–H and O–H groups in total. The highest BCUT2D eigenvalue weighted by atomic mass is 32.1. The number of carbonyl (C=O) groups is 2. The van der Waals surface area contributed by atoms with Crippen molar-refractivity contribution in [3.8, 4) is 5.75 Å². The van der Waals surface area contributed by atoms with Crippen LogP contribution < -0.4 is 10.1 Å². The van der Waals surface area contributed by atoms with E-state index in [-0.39, 0.29) is 23.0 Å². The highest BCUT2D eigenvalue weighted by Gasteiger charge is 2.39. The van der Waals surface area contributed by atoms with E-state index in [0.29, 0.717) is 17.9 Å². The maximum Gasteiger partial charge on any atom is 0.336 e. The molecule has 1 heterocycles. The molecule has 4 rings (SSSR count). The Bertz CT molecular complexity index is 1280. The van der Waals surface area contributed by atoms with E-state index in [2.05, 4.69) is 35.1 Å². The first-order valence-corrected chi connectivity index (χ1v) is 11.8. The first kappa shape index (κ1) is 23.8. The van der Waals surface area contributed by atoms with Crippen LogP contribution in [0.3, 0.4) is 0 Å². The van der Waals surface area contributed by atoms with Crippen molar-refractivity contribution in [3.05, 3.63) is 81.6 Å². The normalized spacial score (nSPS) is 20.0. The van der Waals surface area contributed by atoms with Gasteiger partial charge in [-0.2, -0.15) is 0 Å². The van der Waals surface area contributed by atoms with Crippen molar-refractivity contribution in [2.24, 2.45) is 10.9 Å². The number of benzene rings is 2. The van der Waals surface area contributed by atoms with Gasteiger partial charge in [-0.3, -0.25) is 9.79 Å². The first-order valence-electron chi connectivity index (χ1n) is 11.4. The van der Waals surface area contributed by atoms with Gasteiger partial charge in [0.15, 0.2) is 0 Å². The van der Waals surface area contributed by atoms with Crippen molar-refractivity contribution in [3.63, 3.8) is 0 Å². The van der Waals surface area contributed by atoms with Crippen LogP contribution in [0.25, 0.3) is 0 Å². The maximum absolute atomic E-state index is 12.3. The van der Waals surface area contributed by atoms with E-state index >= 15 is 0 Å². The number of hydrogen-bond donors (Lipinski definition) is 3. The lowest BCUT2D eigenvalue weighted by Gasteiger charge is -2.37. The Balaban J connectivity index is 1.98. The summed E-state index contributed by atoms with van der Waals surface area (Å²) in [6, 6.07) is 8.83. The summed E-state index contributed by atoms with van der Waals surface area (Å²) in [6.45, 7) is 9.48. The number of nitrogens with zero attached hydrogens (tertiary/aromatic N) is 1. The van der Waals surface area contributed by atoms with Crippen LogP contribution in [0.4, 0.5) is 5.69 Å². The van der Waals surface area contributed by atoms with E-state index in [1.165, 1.54) is 6.07 Å². The largest absolute Gasteiger partial charge is 0.478 e. The molecule has 2 atom stereocenters. The molecule has 0 bridgehead atoms. The number of anilines is 1. The highest BCUT2D eigenvalue weighted by molar-refractivity contribution is 7.97. The van der Waals surface area contributed by atoms with Gasteiger partial charge < -0.3 is 15.2 Å². The Morgan fingerprint density at radius 2 is 1.91 bits per heavy atom. The second kappa shape index (κ2) is 9.50. The molecule has 6 nitrogen and oxygen atoms in total. The molecular formula is C27H28N2O4S. The summed E-state index contributed by atoms with van der Waals surface area (Å²) in [6.07, 6.45) is 4.06. The summed E-state index contributed by atoms with van der Waals surface area (Å²) < 4.78 is 6.40. The molecule has 7 heteroatoms. The number of rotatable bonds is 6. The van der Waals surface area contributed by atoms with Gasteiger partial charge in [-0.25, -0.2) is 4.79 Å². The molecule has 1 aliphatic heterocycles. The number of carbonyl (C=O) groups excluding carboxylic acids is 1. The van der Waals surface area contributed by atoms with Crippen LogP contribution in [-0.4, -0.2) is 35.0 Å². The van der Waals surface area contributed by atoms with Crippen LogP contribution in [0.5, 0.6) is 5.75 Å². The molecule has 0 amide bonds. The molecule has 2 aromatic rings. The molecule has 1 aliphatic carbocycles. The number of carboxylic acids is 1. The fraction of sp³-hybridized carbons (Fsp3) is 0.296.